The smallest absolute Gasteiger partial charge is 0.112 e. The number of aromatic nitrogens is 4. The van der Waals surface area contributed by atoms with Gasteiger partial charge in [0, 0.05) is 24.3 Å². The molecular formula is C16H21N5. The Balaban J connectivity index is 1.97. The number of fused-ring (bicyclic) bond motifs is 1. The highest BCUT2D eigenvalue weighted by Crippen LogP contribution is 2.23. The summed E-state index contributed by atoms with van der Waals surface area (Å²) in [4.78, 5) is 4.74. The summed E-state index contributed by atoms with van der Waals surface area (Å²) in [5.41, 5.74) is 9.91. The van der Waals surface area contributed by atoms with Crippen LogP contribution in [0.2, 0.25) is 0 Å². The Hall–Kier alpha value is -2.30. The molecule has 3 rings (SSSR count). The first-order chi connectivity index (χ1) is 10.0. The van der Waals surface area contributed by atoms with Gasteiger partial charge in [0.15, 0.2) is 0 Å². The summed E-state index contributed by atoms with van der Waals surface area (Å²) in [6.07, 6.45) is 3.95. The van der Waals surface area contributed by atoms with Crippen molar-refractivity contribution >= 4 is 16.7 Å². The zero-order valence-electron chi connectivity index (χ0n) is 12.7. The van der Waals surface area contributed by atoms with Crippen LogP contribution in [0.5, 0.6) is 0 Å². The summed E-state index contributed by atoms with van der Waals surface area (Å²) in [6.45, 7) is 8.08. The molecule has 1 aromatic carbocycles. The lowest BCUT2D eigenvalue weighted by Gasteiger charge is -2.11. The second kappa shape index (κ2) is 5.24. The Bertz CT molecular complexity index is 766. The van der Waals surface area contributed by atoms with Gasteiger partial charge in [-0.2, -0.15) is 5.10 Å². The largest absolute Gasteiger partial charge is 0.399 e. The Morgan fingerprint density at radius 2 is 2.05 bits per heavy atom. The van der Waals surface area contributed by atoms with Crippen LogP contribution in [0, 0.1) is 6.92 Å². The van der Waals surface area contributed by atoms with Crippen LogP contribution in [0.4, 0.5) is 5.69 Å². The lowest BCUT2D eigenvalue weighted by Crippen LogP contribution is -2.11. The molecule has 0 aliphatic carbocycles. The number of benzene rings is 1. The number of anilines is 1. The van der Waals surface area contributed by atoms with Crippen molar-refractivity contribution in [2.75, 3.05) is 5.73 Å². The Kier molecular flexibility index (Phi) is 3.41. The third-order valence-corrected chi connectivity index (χ3v) is 3.63. The first-order valence-electron chi connectivity index (χ1n) is 7.29. The van der Waals surface area contributed by atoms with E-state index < -0.39 is 0 Å². The molecule has 0 amide bonds. The molecule has 3 aromatic rings. The van der Waals surface area contributed by atoms with Crippen molar-refractivity contribution in [1.82, 2.24) is 19.3 Å². The molecule has 2 aromatic heterocycles. The Labute approximate surface area is 124 Å². The molecule has 0 aliphatic heterocycles. The maximum atomic E-state index is 5.86. The molecule has 0 spiro atoms. The van der Waals surface area contributed by atoms with E-state index in [1.165, 1.54) is 5.56 Å². The summed E-state index contributed by atoms with van der Waals surface area (Å²) < 4.78 is 4.25. The fourth-order valence-corrected chi connectivity index (χ4v) is 2.63. The molecule has 0 saturated carbocycles. The van der Waals surface area contributed by atoms with Gasteiger partial charge in [0.05, 0.1) is 23.8 Å². The van der Waals surface area contributed by atoms with E-state index in [2.05, 4.69) is 42.7 Å². The van der Waals surface area contributed by atoms with Gasteiger partial charge in [-0.05, 0) is 30.7 Å². The number of rotatable bonds is 4. The SMILES string of the molecule is Cc1cnn(CCn2c(C(C)C)nc3cc(N)ccc32)c1. The number of aryl methyl sites for hydroxylation is 3. The van der Waals surface area contributed by atoms with Gasteiger partial charge < -0.3 is 10.3 Å². The Morgan fingerprint density at radius 1 is 1.24 bits per heavy atom. The molecule has 5 nitrogen and oxygen atoms in total. The second-order valence-electron chi connectivity index (χ2n) is 5.81. The number of nitrogen functional groups attached to an aromatic ring is 1. The highest BCUT2D eigenvalue weighted by atomic mass is 15.3. The van der Waals surface area contributed by atoms with E-state index in [4.69, 9.17) is 10.7 Å². The van der Waals surface area contributed by atoms with Gasteiger partial charge >= 0.3 is 0 Å². The standard InChI is InChI=1S/C16H21N5/c1-11(2)16-19-14-8-13(17)4-5-15(14)21(16)7-6-20-10-12(3)9-18-20/h4-5,8-11H,6-7,17H2,1-3H3. The average molecular weight is 283 g/mol. The van der Waals surface area contributed by atoms with E-state index in [0.717, 1.165) is 35.6 Å². The van der Waals surface area contributed by atoms with E-state index in [9.17, 15) is 0 Å². The van der Waals surface area contributed by atoms with Crippen molar-refractivity contribution in [3.63, 3.8) is 0 Å². The van der Waals surface area contributed by atoms with Gasteiger partial charge in [-0.25, -0.2) is 4.98 Å². The molecular weight excluding hydrogens is 262 g/mol. The second-order valence-corrected chi connectivity index (χ2v) is 5.81. The van der Waals surface area contributed by atoms with Crippen molar-refractivity contribution in [3.05, 3.63) is 42.0 Å². The van der Waals surface area contributed by atoms with Gasteiger partial charge in [-0.1, -0.05) is 13.8 Å². The van der Waals surface area contributed by atoms with Crippen LogP contribution in [0.1, 0.15) is 31.2 Å². The van der Waals surface area contributed by atoms with E-state index in [1.54, 1.807) is 0 Å². The van der Waals surface area contributed by atoms with E-state index in [1.807, 2.05) is 23.0 Å². The van der Waals surface area contributed by atoms with E-state index >= 15 is 0 Å². The number of hydrogen-bond acceptors (Lipinski definition) is 3. The summed E-state index contributed by atoms with van der Waals surface area (Å²) in [5, 5.41) is 4.35. The first-order valence-corrected chi connectivity index (χ1v) is 7.29. The zero-order chi connectivity index (χ0) is 15.0. The van der Waals surface area contributed by atoms with Gasteiger partial charge in [0.25, 0.3) is 0 Å². The summed E-state index contributed by atoms with van der Waals surface area (Å²) in [7, 11) is 0. The molecule has 21 heavy (non-hydrogen) atoms. The fourth-order valence-electron chi connectivity index (χ4n) is 2.63. The molecule has 5 heteroatoms. The lowest BCUT2D eigenvalue weighted by atomic mass is 10.2. The first kappa shape index (κ1) is 13.7. The summed E-state index contributed by atoms with van der Waals surface area (Å²) in [5.74, 6) is 1.47. The van der Waals surface area contributed by atoms with Gasteiger partial charge in [-0.15, -0.1) is 0 Å². The van der Waals surface area contributed by atoms with Gasteiger partial charge in [0.1, 0.15) is 5.82 Å². The van der Waals surface area contributed by atoms with Gasteiger partial charge in [-0.3, -0.25) is 4.68 Å². The minimum atomic E-state index is 0.373. The molecule has 0 atom stereocenters. The minimum absolute atomic E-state index is 0.373. The normalized spacial score (nSPS) is 11.6. The third-order valence-electron chi connectivity index (χ3n) is 3.63. The number of nitrogens with two attached hydrogens (primary N) is 1. The zero-order valence-corrected chi connectivity index (χ0v) is 12.7. The summed E-state index contributed by atoms with van der Waals surface area (Å²) >= 11 is 0. The predicted octanol–water partition coefficient (Wildman–Crippen LogP) is 2.95. The van der Waals surface area contributed by atoms with Crippen molar-refractivity contribution in [3.8, 4) is 0 Å². The predicted molar refractivity (Wildman–Crippen MR) is 85.2 cm³/mol. The Morgan fingerprint density at radius 3 is 2.71 bits per heavy atom. The van der Waals surface area contributed by atoms with Crippen LogP contribution in [-0.4, -0.2) is 19.3 Å². The molecule has 0 radical (unpaired) electrons. The topological polar surface area (TPSA) is 61.7 Å². The average Bonchev–Trinajstić information content (AvgIpc) is 2.99. The number of nitrogens with zero attached hydrogens (tertiary/aromatic N) is 4. The number of imidazole rings is 1. The molecule has 0 unspecified atom stereocenters. The van der Waals surface area contributed by atoms with Crippen molar-refractivity contribution in [1.29, 1.82) is 0 Å². The maximum Gasteiger partial charge on any atom is 0.112 e. The molecule has 0 fully saturated rings. The highest BCUT2D eigenvalue weighted by Gasteiger charge is 2.13. The van der Waals surface area contributed by atoms with E-state index in [-0.39, 0.29) is 0 Å². The third kappa shape index (κ3) is 2.63. The number of hydrogen-bond donors (Lipinski definition) is 1. The van der Waals surface area contributed by atoms with Crippen molar-refractivity contribution in [2.24, 2.45) is 0 Å². The van der Waals surface area contributed by atoms with Gasteiger partial charge in [0.2, 0.25) is 0 Å². The molecule has 0 bridgehead atoms. The lowest BCUT2D eigenvalue weighted by molar-refractivity contribution is 0.520. The van der Waals surface area contributed by atoms with Crippen LogP contribution in [0.25, 0.3) is 11.0 Å². The monoisotopic (exact) mass is 283 g/mol. The van der Waals surface area contributed by atoms with Crippen LogP contribution in [0.3, 0.4) is 0 Å². The maximum absolute atomic E-state index is 5.86. The molecule has 0 aliphatic rings. The molecule has 0 saturated heterocycles. The molecule has 2 N–H and O–H groups in total. The van der Waals surface area contributed by atoms with E-state index in [0.29, 0.717) is 5.92 Å². The minimum Gasteiger partial charge on any atom is -0.399 e. The van der Waals surface area contributed by atoms with Crippen LogP contribution in [-0.2, 0) is 13.1 Å². The fraction of sp³-hybridized carbons (Fsp3) is 0.375. The van der Waals surface area contributed by atoms with Crippen molar-refractivity contribution < 1.29 is 0 Å². The quantitative estimate of drug-likeness (QED) is 0.749. The van der Waals surface area contributed by atoms with Crippen LogP contribution in [0.15, 0.2) is 30.6 Å². The summed E-state index contributed by atoms with van der Waals surface area (Å²) in [6, 6.07) is 5.93. The van der Waals surface area contributed by atoms with Crippen molar-refractivity contribution in [2.45, 2.75) is 39.8 Å². The van der Waals surface area contributed by atoms with Crippen LogP contribution < -0.4 is 5.73 Å². The highest BCUT2D eigenvalue weighted by molar-refractivity contribution is 5.79. The van der Waals surface area contributed by atoms with Crippen LogP contribution >= 0.6 is 0 Å². The molecule has 2 heterocycles. The molecule has 110 valence electrons.